The van der Waals surface area contributed by atoms with Crippen molar-refractivity contribution in [3.05, 3.63) is 108 Å². The first kappa shape index (κ1) is 50.7. The van der Waals surface area contributed by atoms with Gasteiger partial charge in [0.1, 0.15) is 42.3 Å². The van der Waals surface area contributed by atoms with Crippen molar-refractivity contribution in [3.63, 3.8) is 0 Å². The fourth-order valence-electron chi connectivity index (χ4n) is 7.68. The summed E-state index contributed by atoms with van der Waals surface area (Å²) in [6.45, 7) is 2.86. The first-order valence-corrected chi connectivity index (χ1v) is 21.1. The Balaban J connectivity index is 0.000000194. The zero-order chi connectivity index (χ0) is 49.2. The van der Waals surface area contributed by atoms with Crippen LogP contribution in [-0.4, -0.2) is 107 Å². The lowest BCUT2D eigenvalue weighted by molar-refractivity contribution is -0.144. The third kappa shape index (κ3) is 12.6. The molecule has 0 aliphatic carbocycles. The van der Waals surface area contributed by atoms with Gasteiger partial charge in [-0.15, -0.1) is 0 Å². The van der Waals surface area contributed by atoms with Crippen LogP contribution in [0.4, 0.5) is 35.1 Å². The summed E-state index contributed by atoms with van der Waals surface area (Å²) in [7, 11) is 0. The van der Waals surface area contributed by atoms with Gasteiger partial charge in [-0.25, -0.2) is 28.7 Å². The number of aromatic amines is 2. The van der Waals surface area contributed by atoms with Gasteiger partial charge in [0.2, 0.25) is 5.91 Å². The molecule has 24 heteroatoms. The number of aliphatic hydroxyl groups excluding tert-OH is 1. The van der Waals surface area contributed by atoms with Crippen LogP contribution in [0.3, 0.4) is 0 Å². The zero-order valence-corrected chi connectivity index (χ0v) is 36.5. The molecule has 4 aromatic heterocycles. The predicted molar refractivity (Wildman–Crippen MR) is 228 cm³/mol. The van der Waals surface area contributed by atoms with Crippen LogP contribution < -0.4 is 5.32 Å². The van der Waals surface area contributed by atoms with Crippen LogP contribution >= 0.6 is 11.6 Å². The van der Waals surface area contributed by atoms with Gasteiger partial charge in [0.25, 0.3) is 5.24 Å². The van der Waals surface area contributed by atoms with Gasteiger partial charge in [-0.3, -0.25) is 24.6 Å². The summed E-state index contributed by atoms with van der Waals surface area (Å²) in [5.41, 5.74) is 1.80. The lowest BCUT2D eigenvalue weighted by atomic mass is 9.88. The molecule has 4 N–H and O–H groups in total. The van der Waals surface area contributed by atoms with Crippen molar-refractivity contribution in [2.24, 2.45) is 0 Å². The van der Waals surface area contributed by atoms with Crippen molar-refractivity contribution < 1.29 is 59.4 Å². The average Bonchev–Trinajstić information content (AvgIpc) is 3.98. The van der Waals surface area contributed by atoms with E-state index in [9.17, 15) is 49.5 Å². The van der Waals surface area contributed by atoms with Crippen LogP contribution in [0.1, 0.15) is 67.0 Å². The minimum Gasteiger partial charge on any atom is -0.456 e. The molecule has 6 aromatic rings. The standard InChI is InChI=1S/C21H19F4N5O2.C19H17F4N5.C4H5ClO3/c22-15-2-1-13(9-14(15)21(23,24)25)20-18(16-3-6-26-11-27-16)19(28-29-20)12-4-7-30(8-5-12)17(32)10-31;20-14-2-1-12(9-13(14)19(21,22)23)18-16(15-5-8-25-10-26-15)17(27-28-18)11-3-6-24-7-4-11;1-3(6)8-2-4(5)7/h1-3,6,9,11-12,31H,4-5,7-8,10H2,(H,28,29);1-2,5,8-11,24H,3-4,6-7H2,(H,27,28);2H2,1H3. The Morgan fingerprint density at radius 1 is 0.735 bits per heavy atom. The Hall–Kier alpha value is -6.72. The first-order chi connectivity index (χ1) is 32.4. The van der Waals surface area contributed by atoms with E-state index in [-0.39, 0.29) is 41.2 Å². The predicted octanol–water partition coefficient (Wildman–Crippen LogP) is 7.86. The maximum absolute atomic E-state index is 13.8. The first-order valence-electron chi connectivity index (χ1n) is 20.7. The van der Waals surface area contributed by atoms with Crippen molar-refractivity contribution in [1.82, 2.24) is 50.5 Å². The minimum absolute atomic E-state index is 0.0634. The second-order valence-corrected chi connectivity index (χ2v) is 15.7. The Morgan fingerprint density at radius 3 is 1.56 bits per heavy atom. The molecule has 2 aromatic carbocycles. The van der Waals surface area contributed by atoms with Crippen molar-refractivity contribution >= 4 is 28.7 Å². The Kier molecular flexibility index (Phi) is 16.7. The summed E-state index contributed by atoms with van der Waals surface area (Å²) < 4.78 is 111. The molecule has 15 nitrogen and oxygen atoms in total. The molecule has 0 bridgehead atoms. The molecule has 0 atom stereocenters. The molecule has 0 unspecified atom stereocenters. The van der Waals surface area contributed by atoms with Crippen LogP contribution in [0, 0.1) is 11.6 Å². The van der Waals surface area contributed by atoms with E-state index in [2.05, 4.69) is 50.4 Å². The molecule has 2 aliphatic heterocycles. The van der Waals surface area contributed by atoms with E-state index in [1.807, 2.05) is 0 Å². The molecular weight excluding hydrogens is 936 g/mol. The van der Waals surface area contributed by atoms with Gasteiger partial charge >= 0.3 is 18.3 Å². The van der Waals surface area contributed by atoms with E-state index in [0.29, 0.717) is 59.8 Å². The van der Waals surface area contributed by atoms with E-state index in [4.69, 9.17) is 16.7 Å². The number of nitrogens with one attached hydrogen (secondary N) is 3. The van der Waals surface area contributed by atoms with Crippen molar-refractivity contribution in [3.8, 4) is 45.0 Å². The molecular formula is C44H41ClF8N10O5. The lowest BCUT2D eigenvalue weighted by Crippen LogP contribution is -2.39. The van der Waals surface area contributed by atoms with E-state index in [1.54, 1.807) is 23.2 Å². The molecule has 0 radical (unpaired) electrons. The lowest BCUT2D eigenvalue weighted by Gasteiger charge is -2.31. The van der Waals surface area contributed by atoms with Gasteiger partial charge < -0.3 is 20.1 Å². The number of aliphatic hydroxyl groups is 1. The Labute approximate surface area is 386 Å². The summed E-state index contributed by atoms with van der Waals surface area (Å²) in [5, 5.41) is 26.2. The number of benzene rings is 2. The van der Waals surface area contributed by atoms with E-state index in [0.717, 1.165) is 55.9 Å². The smallest absolute Gasteiger partial charge is 0.419 e. The highest BCUT2D eigenvalue weighted by Crippen LogP contribution is 2.43. The fraction of sp³-hybridized carbons (Fsp3) is 0.341. The number of carbonyl (C=O) groups is 3. The summed E-state index contributed by atoms with van der Waals surface area (Å²) in [5.74, 6) is -3.41. The summed E-state index contributed by atoms with van der Waals surface area (Å²) in [6, 6.07) is 8.99. The molecule has 8 rings (SSSR count). The quantitative estimate of drug-likeness (QED) is 0.0621. The highest BCUT2D eigenvalue weighted by atomic mass is 35.5. The number of hydrogen-bond acceptors (Lipinski definition) is 12. The fourth-order valence-corrected chi connectivity index (χ4v) is 7.74. The van der Waals surface area contributed by atoms with Gasteiger partial charge in [-0.1, -0.05) is 0 Å². The Morgan fingerprint density at radius 2 is 1.19 bits per heavy atom. The van der Waals surface area contributed by atoms with Crippen LogP contribution in [0.2, 0.25) is 0 Å². The topological polar surface area (TPSA) is 205 Å². The van der Waals surface area contributed by atoms with Gasteiger partial charge in [0.05, 0.1) is 22.5 Å². The number of esters is 1. The van der Waals surface area contributed by atoms with Crippen LogP contribution in [0.5, 0.6) is 0 Å². The number of carbonyl (C=O) groups excluding carboxylic acids is 3. The van der Waals surface area contributed by atoms with Crippen LogP contribution in [0.15, 0.2) is 73.6 Å². The van der Waals surface area contributed by atoms with Gasteiger partial charge in [0, 0.05) is 77.9 Å². The molecule has 2 fully saturated rings. The maximum Gasteiger partial charge on any atom is 0.419 e. The van der Waals surface area contributed by atoms with E-state index >= 15 is 0 Å². The second kappa shape index (κ2) is 22.4. The van der Waals surface area contributed by atoms with E-state index < -0.39 is 52.9 Å². The number of amides is 1. The number of aromatic nitrogens is 8. The Bertz CT molecular complexity index is 2660. The third-order valence-electron chi connectivity index (χ3n) is 10.9. The monoisotopic (exact) mass is 976 g/mol. The number of halogens is 9. The molecule has 2 saturated heterocycles. The third-order valence-corrected chi connectivity index (χ3v) is 11.0. The molecule has 6 heterocycles. The number of nitrogens with zero attached hydrogens (tertiary/aromatic N) is 7. The highest BCUT2D eigenvalue weighted by molar-refractivity contribution is 6.64. The van der Waals surface area contributed by atoms with Crippen LogP contribution in [0.25, 0.3) is 45.0 Å². The van der Waals surface area contributed by atoms with Crippen molar-refractivity contribution in [1.29, 1.82) is 0 Å². The SMILES string of the molecule is CC(=O)OCC(=O)Cl.Fc1ccc(-c2n[nH]c(C3CCNCC3)c2-c2ccncn2)cc1C(F)(F)F.O=C(CO)N1CCC(c2[nH]nc(-c3ccc(F)c(C(F)(F)F)c3)c2-c2ccncn2)CC1. The number of hydrogen-bond donors (Lipinski definition) is 4. The molecule has 0 saturated carbocycles. The molecule has 2 aliphatic rings. The minimum atomic E-state index is -4.85. The zero-order valence-electron chi connectivity index (χ0n) is 35.8. The highest BCUT2D eigenvalue weighted by Gasteiger charge is 2.37. The summed E-state index contributed by atoms with van der Waals surface area (Å²) in [6.07, 6.45) is -0.967. The number of rotatable bonds is 9. The largest absolute Gasteiger partial charge is 0.456 e. The van der Waals surface area contributed by atoms with Gasteiger partial charge in [-0.05, 0) is 98.9 Å². The van der Waals surface area contributed by atoms with Crippen LogP contribution in [-0.2, 0) is 31.5 Å². The maximum atomic E-state index is 13.8. The summed E-state index contributed by atoms with van der Waals surface area (Å²) in [4.78, 5) is 49.4. The van der Waals surface area contributed by atoms with Crippen molar-refractivity contribution in [2.75, 3.05) is 39.4 Å². The molecule has 360 valence electrons. The second-order valence-electron chi connectivity index (χ2n) is 15.3. The molecule has 1 amide bonds. The number of ether oxygens (including phenoxy) is 1. The number of piperidine rings is 2. The number of H-pyrrole nitrogens is 2. The molecule has 68 heavy (non-hydrogen) atoms. The number of likely N-dealkylation sites (tertiary alicyclic amines) is 1. The number of alkyl halides is 6. The normalized spacial score (nSPS) is 14.6. The van der Waals surface area contributed by atoms with Gasteiger partial charge in [-0.2, -0.15) is 36.5 Å². The van der Waals surface area contributed by atoms with E-state index in [1.165, 1.54) is 37.9 Å². The average molecular weight is 977 g/mol. The van der Waals surface area contributed by atoms with Crippen molar-refractivity contribution in [2.45, 2.75) is 56.8 Å². The molecule has 0 spiro atoms. The summed E-state index contributed by atoms with van der Waals surface area (Å²) >= 11 is 4.81. The van der Waals surface area contributed by atoms with Gasteiger partial charge in [0.15, 0.2) is 6.61 Å².